The molecule has 0 saturated heterocycles. The molecular formula is C73H65N9O10. The molecule has 0 fully saturated rings. The highest BCUT2D eigenvalue weighted by molar-refractivity contribution is 6.20. The highest BCUT2D eigenvalue weighted by atomic mass is 16.7. The van der Waals surface area contributed by atoms with Gasteiger partial charge in [0.1, 0.15) is 11.4 Å². The van der Waals surface area contributed by atoms with E-state index in [1.54, 1.807) is 19.1 Å². The first kappa shape index (κ1) is 64.4. The maximum absolute atomic E-state index is 11.4. The minimum Gasteiger partial charge on any atom is -0.350 e. The molecule has 0 atom stereocenters. The van der Waals surface area contributed by atoms with Gasteiger partial charge in [0.2, 0.25) is 0 Å². The Labute approximate surface area is 530 Å². The lowest BCUT2D eigenvalue weighted by molar-refractivity contribution is -0.384. The molecule has 12 rings (SSSR count). The Hall–Kier alpha value is -12.1. The summed E-state index contributed by atoms with van der Waals surface area (Å²) in [5.74, 6) is -1.77. The van der Waals surface area contributed by atoms with E-state index in [-0.39, 0.29) is 5.69 Å². The van der Waals surface area contributed by atoms with E-state index in [0.29, 0.717) is 23.6 Å². The Balaban J connectivity index is 0.000000146. The van der Waals surface area contributed by atoms with Crippen LogP contribution in [0.1, 0.15) is 81.3 Å². The van der Waals surface area contributed by atoms with Crippen LogP contribution < -0.4 is 0 Å². The van der Waals surface area contributed by atoms with Crippen molar-refractivity contribution >= 4 is 96.0 Å². The monoisotopic (exact) mass is 1230 g/mol. The molecule has 19 heteroatoms. The quantitative estimate of drug-likeness (QED) is 0.0434. The lowest BCUT2D eigenvalue weighted by atomic mass is 10.0. The van der Waals surface area contributed by atoms with Crippen molar-refractivity contribution in [1.82, 2.24) is 18.3 Å². The number of benzene rings is 8. The van der Waals surface area contributed by atoms with Gasteiger partial charge in [-0.05, 0) is 61.9 Å². The molecule has 0 radical (unpaired) electrons. The molecule has 12 aromatic rings. The van der Waals surface area contributed by atoms with E-state index in [0.717, 1.165) is 94.1 Å². The van der Waals surface area contributed by atoms with Crippen LogP contribution in [0.3, 0.4) is 0 Å². The van der Waals surface area contributed by atoms with E-state index in [1.165, 1.54) is 39.8 Å². The average molecular weight is 1230 g/mol. The summed E-state index contributed by atoms with van der Waals surface area (Å²) >= 11 is 0. The van der Waals surface area contributed by atoms with E-state index in [9.17, 15) is 29.3 Å². The second kappa shape index (κ2) is 30.2. The normalized spacial score (nSPS) is 11.6. The Morgan fingerprint density at radius 3 is 1.17 bits per heavy atom. The SMILES string of the molecule is CC(=O)O/N=C(\C)c1cn(-c2ccc([N+](=O)[O-])cc2)c2ccccc12.CC(=O)O/N=C(\c1ccccc1)c1cn(-c2ccccc2)c2ccccc12.CC(=O)O/N=C(\c1ccccc1)c1cn(C)c2ccccc12.CC/C(=N\OC(C)=O)c1cn(C)c2ccccc12. The van der Waals surface area contributed by atoms with Gasteiger partial charge in [0.05, 0.1) is 27.4 Å². The predicted molar refractivity (Wildman–Crippen MR) is 359 cm³/mol. The van der Waals surface area contributed by atoms with Gasteiger partial charge in [-0.25, -0.2) is 19.2 Å². The van der Waals surface area contributed by atoms with Gasteiger partial charge in [-0.1, -0.05) is 179 Å². The van der Waals surface area contributed by atoms with Gasteiger partial charge in [-0.15, -0.1) is 0 Å². The predicted octanol–water partition coefficient (Wildman–Crippen LogP) is 15.1. The first-order valence-electron chi connectivity index (χ1n) is 29.2. The zero-order valence-electron chi connectivity index (χ0n) is 51.8. The largest absolute Gasteiger partial charge is 0.350 e. The van der Waals surface area contributed by atoms with Crippen LogP contribution >= 0.6 is 0 Å². The Bertz CT molecular complexity index is 4750. The summed E-state index contributed by atoms with van der Waals surface area (Å²) in [7, 11) is 3.98. The van der Waals surface area contributed by atoms with Crippen LogP contribution in [-0.2, 0) is 52.6 Å². The molecule has 0 spiro atoms. The number of hydrogen-bond acceptors (Lipinski definition) is 14. The summed E-state index contributed by atoms with van der Waals surface area (Å²) in [6.45, 7) is 9.07. The van der Waals surface area contributed by atoms with Crippen LogP contribution in [0.4, 0.5) is 5.69 Å². The standard InChI is InChI=1S/C23H18N2O2.C18H15N3O4.C18H16N2O2.C14H16N2O2/c1-17(26)27-24-23(18-10-4-2-5-11-18)21-16-25(19-12-6-3-7-13-19)22-15-9-8-14-20(21)22;1-12(19-25-13(2)22)17-11-20(18-6-4-3-5-16(17)18)14-7-9-15(10-8-14)21(23)24;1-13(21)22-19-18(14-8-4-3-5-9-14)16-12-20(2)17-11-7-6-10-15(16)17;1-4-13(15-18-10(2)17)12-9-16(3)14-8-6-5-7-11(12)14/h2-16H,1H3;3-11H,1-2H3;3-12H,1-2H3;5-9H,4H2,1-3H3/b24-23+;19-12+;19-18+;15-13+. The van der Waals surface area contributed by atoms with Gasteiger partial charge in [-0.2, -0.15) is 0 Å². The number of non-ortho nitro benzene ring substituents is 1. The molecule has 0 amide bonds. The lowest BCUT2D eigenvalue weighted by Crippen LogP contribution is -2.05. The fraction of sp³-hybridized carbons (Fsp3) is 0.123. The van der Waals surface area contributed by atoms with Crippen LogP contribution in [0.15, 0.2) is 258 Å². The number of para-hydroxylation sites is 5. The molecule has 4 heterocycles. The Kier molecular flexibility index (Phi) is 21.1. The maximum Gasteiger partial charge on any atom is 0.332 e. The molecule has 0 saturated carbocycles. The van der Waals surface area contributed by atoms with Crippen LogP contribution in [0.25, 0.3) is 55.0 Å². The maximum atomic E-state index is 11.4. The summed E-state index contributed by atoms with van der Waals surface area (Å²) < 4.78 is 8.12. The highest BCUT2D eigenvalue weighted by Gasteiger charge is 2.20. The second-order valence-corrected chi connectivity index (χ2v) is 20.8. The first-order valence-corrected chi connectivity index (χ1v) is 29.2. The van der Waals surface area contributed by atoms with Crippen LogP contribution in [0.5, 0.6) is 0 Å². The fourth-order valence-corrected chi connectivity index (χ4v) is 10.2. The van der Waals surface area contributed by atoms with Crippen molar-refractivity contribution in [3.05, 3.63) is 281 Å². The summed E-state index contributed by atoms with van der Waals surface area (Å²) in [4.78, 5) is 74.1. The summed E-state index contributed by atoms with van der Waals surface area (Å²) in [5.41, 5.74) is 14.2. The van der Waals surface area contributed by atoms with Gasteiger partial charge >= 0.3 is 23.9 Å². The summed E-state index contributed by atoms with van der Waals surface area (Å²) in [6.07, 6.45) is 8.63. The van der Waals surface area contributed by atoms with E-state index in [2.05, 4.69) is 55.5 Å². The number of nitrogens with zero attached hydrogens (tertiary/aromatic N) is 9. The number of hydrogen-bond donors (Lipinski definition) is 0. The number of oxime groups is 4. The molecule has 0 aliphatic carbocycles. The molecule has 4 aromatic heterocycles. The Morgan fingerprint density at radius 2 is 0.728 bits per heavy atom. The zero-order chi connectivity index (χ0) is 65.3. The number of nitro benzene ring substituents is 1. The number of nitro groups is 1. The number of carbonyl (C=O) groups excluding carboxylic acids is 4. The van der Waals surface area contributed by atoms with Crippen LogP contribution in [0.2, 0.25) is 0 Å². The third-order valence-corrected chi connectivity index (χ3v) is 14.4. The van der Waals surface area contributed by atoms with Crippen molar-refractivity contribution in [3.8, 4) is 11.4 Å². The van der Waals surface area contributed by atoms with E-state index in [1.807, 2.05) is 217 Å². The molecule has 0 N–H and O–H groups in total. The topological polar surface area (TPSA) is 217 Å². The lowest BCUT2D eigenvalue weighted by Gasteiger charge is -2.05. The molecule has 462 valence electrons. The molecule has 19 nitrogen and oxygen atoms in total. The number of fused-ring (bicyclic) bond motifs is 4. The fourth-order valence-electron chi connectivity index (χ4n) is 10.2. The van der Waals surface area contributed by atoms with Crippen molar-refractivity contribution in [1.29, 1.82) is 0 Å². The molecule has 0 bridgehead atoms. The van der Waals surface area contributed by atoms with Gasteiger partial charge in [0.15, 0.2) is 0 Å². The molecule has 0 aliphatic heterocycles. The van der Waals surface area contributed by atoms with E-state index < -0.39 is 28.8 Å². The number of aryl methyl sites for hydroxylation is 2. The molecular weight excluding hydrogens is 1160 g/mol. The summed E-state index contributed by atoms with van der Waals surface area (Å²) in [6, 6.07) is 67.9. The third-order valence-electron chi connectivity index (χ3n) is 14.4. The number of rotatable bonds is 14. The van der Waals surface area contributed by atoms with Gasteiger partial charge in [0.25, 0.3) is 5.69 Å². The molecule has 8 aromatic carbocycles. The first-order chi connectivity index (χ1) is 44.5. The highest BCUT2D eigenvalue weighted by Crippen LogP contribution is 2.30. The van der Waals surface area contributed by atoms with E-state index >= 15 is 0 Å². The molecule has 92 heavy (non-hydrogen) atoms. The van der Waals surface area contributed by atoms with Crippen molar-refractivity contribution in [2.24, 2.45) is 34.7 Å². The van der Waals surface area contributed by atoms with Crippen molar-refractivity contribution in [2.45, 2.75) is 48.0 Å². The molecule has 0 unspecified atom stereocenters. The van der Waals surface area contributed by atoms with Gasteiger partial charge in [0, 0.05) is 156 Å². The van der Waals surface area contributed by atoms with Crippen LogP contribution in [0, 0.1) is 10.1 Å². The minimum absolute atomic E-state index is 0.0352. The summed E-state index contributed by atoms with van der Waals surface area (Å²) in [5, 5.41) is 31.0. The minimum atomic E-state index is -0.488. The number of aromatic nitrogens is 4. The van der Waals surface area contributed by atoms with Crippen LogP contribution in [-0.4, -0.2) is 69.9 Å². The van der Waals surface area contributed by atoms with Crippen molar-refractivity contribution in [3.63, 3.8) is 0 Å². The van der Waals surface area contributed by atoms with E-state index in [4.69, 9.17) is 19.4 Å². The van der Waals surface area contributed by atoms with Gasteiger partial charge < -0.3 is 37.6 Å². The number of carbonyl (C=O) groups is 4. The Morgan fingerprint density at radius 1 is 0.391 bits per heavy atom. The van der Waals surface area contributed by atoms with Gasteiger partial charge in [-0.3, -0.25) is 10.1 Å². The van der Waals surface area contributed by atoms with Crippen molar-refractivity contribution < 1.29 is 43.5 Å². The second-order valence-electron chi connectivity index (χ2n) is 20.8. The smallest absolute Gasteiger partial charge is 0.332 e. The zero-order valence-corrected chi connectivity index (χ0v) is 51.8. The van der Waals surface area contributed by atoms with Crippen molar-refractivity contribution in [2.75, 3.05) is 0 Å². The average Bonchev–Trinajstić information content (AvgIpc) is 2.99. The molecule has 0 aliphatic rings. The third kappa shape index (κ3) is 15.6.